The van der Waals surface area contributed by atoms with Crippen LogP contribution in [0.15, 0.2) is 0 Å². The van der Waals surface area contributed by atoms with E-state index in [0.717, 1.165) is 32.2 Å². The van der Waals surface area contributed by atoms with E-state index in [9.17, 15) is 9.18 Å². The number of nitrogens with zero attached hydrogens (tertiary/aromatic N) is 6. The summed E-state index contributed by atoms with van der Waals surface area (Å²) < 4.78 is 42.0. The van der Waals surface area contributed by atoms with Gasteiger partial charge >= 0.3 is 12.1 Å². The van der Waals surface area contributed by atoms with Crippen LogP contribution in [0.5, 0.6) is 6.01 Å². The Morgan fingerprint density at radius 1 is 1.20 bits per heavy atom. The number of halogens is 3. The summed E-state index contributed by atoms with van der Waals surface area (Å²) in [5.74, 6) is -0.0786. The molecular weight excluding hydrogens is 554 g/mol. The van der Waals surface area contributed by atoms with E-state index >= 15 is 4.39 Å². The van der Waals surface area contributed by atoms with Crippen LogP contribution in [0.1, 0.15) is 65.5 Å². The molecule has 41 heavy (non-hydrogen) atoms. The first-order chi connectivity index (χ1) is 19.4. The fraction of sp³-hybridized carbons (Fsp3) is 0.724. The van der Waals surface area contributed by atoms with Crippen LogP contribution >= 0.6 is 11.6 Å². The topological polar surface area (TPSA) is 83.9 Å². The first kappa shape index (κ1) is 27.3. The molecule has 0 saturated carbocycles. The van der Waals surface area contributed by atoms with Crippen molar-refractivity contribution >= 4 is 34.4 Å². The predicted octanol–water partition coefficient (Wildman–Crippen LogP) is 4.92. The highest BCUT2D eigenvalue weighted by Gasteiger charge is 2.53. The van der Waals surface area contributed by atoms with E-state index in [4.69, 9.17) is 26.1 Å². The summed E-state index contributed by atoms with van der Waals surface area (Å²) in [5, 5.41) is 0.313. The second kappa shape index (κ2) is 9.49. The van der Waals surface area contributed by atoms with Crippen LogP contribution in [0, 0.1) is 11.7 Å². The third-order valence-corrected chi connectivity index (χ3v) is 9.94. The van der Waals surface area contributed by atoms with Crippen LogP contribution in [0.4, 0.5) is 19.4 Å². The Kier molecular flexibility index (Phi) is 6.32. The molecule has 2 bridgehead atoms. The zero-order valence-electron chi connectivity index (χ0n) is 24.0. The second-order valence-corrected chi connectivity index (χ2v) is 13.9. The van der Waals surface area contributed by atoms with E-state index in [1.807, 2.05) is 25.7 Å². The highest BCUT2D eigenvalue weighted by atomic mass is 35.5. The lowest BCUT2D eigenvalue weighted by atomic mass is 9.88. The Bertz CT molecular complexity index is 1410. The number of amides is 1. The van der Waals surface area contributed by atoms with Crippen molar-refractivity contribution in [2.24, 2.45) is 5.92 Å². The lowest BCUT2D eigenvalue weighted by molar-refractivity contribution is 0.00490. The van der Waals surface area contributed by atoms with Crippen molar-refractivity contribution < 1.29 is 23.0 Å². The molecule has 4 fully saturated rings. The van der Waals surface area contributed by atoms with Gasteiger partial charge < -0.3 is 14.4 Å². The zero-order valence-corrected chi connectivity index (χ0v) is 24.8. The number of hydrogen-bond donors (Lipinski definition) is 0. The number of ether oxygens (including phenoxy) is 2. The molecule has 4 saturated heterocycles. The van der Waals surface area contributed by atoms with E-state index < -0.39 is 17.6 Å². The highest BCUT2D eigenvalue weighted by Crippen LogP contribution is 2.46. The van der Waals surface area contributed by atoms with Gasteiger partial charge in [0.1, 0.15) is 29.7 Å². The maximum atomic E-state index is 15.6. The maximum absolute atomic E-state index is 15.6. The van der Waals surface area contributed by atoms with Crippen molar-refractivity contribution in [3.05, 3.63) is 16.7 Å². The average Bonchev–Trinajstić information content (AvgIpc) is 3.49. The Labute approximate surface area is 243 Å². The van der Waals surface area contributed by atoms with Crippen molar-refractivity contribution in [2.45, 2.75) is 102 Å². The van der Waals surface area contributed by atoms with E-state index in [2.05, 4.69) is 26.7 Å². The van der Waals surface area contributed by atoms with Gasteiger partial charge in [-0.15, -0.1) is 0 Å². The molecule has 0 unspecified atom stereocenters. The summed E-state index contributed by atoms with van der Waals surface area (Å²) in [7, 11) is 0. The Hall–Kier alpha value is -2.53. The largest absolute Gasteiger partial charge is 0.461 e. The monoisotopic (exact) mass is 590 g/mol. The molecule has 0 radical (unpaired) electrons. The number of aromatic nitrogens is 3. The maximum Gasteiger partial charge on any atom is 0.410 e. The van der Waals surface area contributed by atoms with Gasteiger partial charge in [-0.2, -0.15) is 9.97 Å². The first-order valence-corrected chi connectivity index (χ1v) is 15.2. The standard InChI is InChI=1S/C29H37ClF2N6O3/c1-15-10-18-20-22(21(32)24(30)33-18)34-26(40-14-29-8-5-9-36(29)12-16(31)11-29)35-25(20)37-13-17-6-7-19(23(15)37)38(17)27(39)41-28(2,3)4/h15-17,19,23H,5-14H2,1-4H3/t15-,16+,17+,19-,23-,29-/m0/s1. The first-order valence-electron chi connectivity index (χ1n) is 14.8. The molecular formula is C29H37ClF2N6O3. The van der Waals surface area contributed by atoms with Crippen LogP contribution in [0.3, 0.4) is 0 Å². The van der Waals surface area contributed by atoms with Crippen LogP contribution in [0.25, 0.3) is 10.9 Å². The Morgan fingerprint density at radius 2 is 2.00 bits per heavy atom. The van der Waals surface area contributed by atoms with Gasteiger partial charge in [0.2, 0.25) is 0 Å². The summed E-state index contributed by atoms with van der Waals surface area (Å²) >= 11 is 6.29. The smallest absolute Gasteiger partial charge is 0.410 e. The quantitative estimate of drug-likeness (QED) is 0.466. The minimum Gasteiger partial charge on any atom is -0.461 e. The third-order valence-electron chi connectivity index (χ3n) is 9.69. The molecule has 2 aromatic rings. The van der Waals surface area contributed by atoms with Crippen LogP contribution in [-0.2, 0) is 11.2 Å². The molecule has 12 heteroatoms. The van der Waals surface area contributed by atoms with Crippen molar-refractivity contribution in [1.82, 2.24) is 24.8 Å². The number of rotatable bonds is 3. The molecule has 7 heterocycles. The summed E-state index contributed by atoms with van der Waals surface area (Å²) in [5.41, 5.74) is -0.254. The summed E-state index contributed by atoms with van der Waals surface area (Å²) in [6.45, 7) is 9.78. The molecule has 222 valence electrons. The molecule has 0 spiro atoms. The number of pyridine rings is 1. The summed E-state index contributed by atoms with van der Waals surface area (Å²) in [4.78, 5) is 33.5. The van der Waals surface area contributed by atoms with Crippen LogP contribution < -0.4 is 9.64 Å². The number of hydrogen-bond acceptors (Lipinski definition) is 8. The van der Waals surface area contributed by atoms with Gasteiger partial charge in [0.25, 0.3) is 0 Å². The Balaban J connectivity index is 1.28. The molecule has 0 N–H and O–H groups in total. The fourth-order valence-electron chi connectivity index (χ4n) is 8.16. The summed E-state index contributed by atoms with van der Waals surface area (Å²) in [6, 6.07) is -0.188. The highest BCUT2D eigenvalue weighted by molar-refractivity contribution is 6.30. The Morgan fingerprint density at radius 3 is 2.78 bits per heavy atom. The molecule has 6 atom stereocenters. The van der Waals surface area contributed by atoms with Gasteiger partial charge in [-0.3, -0.25) is 9.80 Å². The minimum absolute atomic E-state index is 0.0540. The van der Waals surface area contributed by atoms with Crippen LogP contribution in [0.2, 0.25) is 5.15 Å². The van der Waals surface area contributed by atoms with Crippen molar-refractivity contribution in [2.75, 3.05) is 31.1 Å². The normalized spacial score (nSPS) is 32.7. The van der Waals surface area contributed by atoms with Crippen molar-refractivity contribution in [3.8, 4) is 6.01 Å². The van der Waals surface area contributed by atoms with E-state index in [0.29, 0.717) is 42.8 Å². The van der Waals surface area contributed by atoms with Gasteiger partial charge in [0.15, 0.2) is 11.0 Å². The number of fused-ring (bicyclic) bond motifs is 6. The lowest BCUT2D eigenvalue weighted by Gasteiger charge is -2.49. The predicted molar refractivity (Wildman–Crippen MR) is 150 cm³/mol. The molecule has 0 aromatic carbocycles. The van der Waals surface area contributed by atoms with Gasteiger partial charge in [0.05, 0.1) is 34.7 Å². The van der Waals surface area contributed by atoms with Gasteiger partial charge in [0, 0.05) is 19.5 Å². The van der Waals surface area contributed by atoms with E-state index in [1.54, 1.807) is 0 Å². The minimum atomic E-state index is -0.884. The van der Waals surface area contributed by atoms with Crippen molar-refractivity contribution in [1.29, 1.82) is 0 Å². The van der Waals surface area contributed by atoms with E-state index in [1.165, 1.54) is 0 Å². The second-order valence-electron chi connectivity index (χ2n) is 13.6. The van der Waals surface area contributed by atoms with Gasteiger partial charge in [-0.1, -0.05) is 18.5 Å². The van der Waals surface area contributed by atoms with Gasteiger partial charge in [-0.25, -0.2) is 18.6 Å². The molecule has 0 aliphatic carbocycles. The average molecular weight is 591 g/mol. The van der Waals surface area contributed by atoms with Crippen molar-refractivity contribution in [3.63, 3.8) is 0 Å². The number of anilines is 1. The van der Waals surface area contributed by atoms with E-state index in [-0.39, 0.29) is 59.0 Å². The number of carbonyl (C=O) groups excluding carboxylic acids is 1. The molecule has 7 rings (SSSR count). The third kappa shape index (κ3) is 4.40. The molecule has 5 aliphatic rings. The number of alkyl halides is 1. The number of piperazine rings is 1. The molecule has 9 nitrogen and oxygen atoms in total. The van der Waals surface area contributed by atoms with Gasteiger partial charge in [-0.05, 0) is 65.3 Å². The molecule has 1 amide bonds. The number of carbonyl (C=O) groups is 1. The molecule has 2 aromatic heterocycles. The van der Waals surface area contributed by atoms with Crippen LogP contribution in [-0.4, -0.2) is 92.5 Å². The lowest BCUT2D eigenvalue weighted by Crippen LogP contribution is -2.63. The fourth-order valence-corrected chi connectivity index (χ4v) is 8.36. The zero-order chi connectivity index (χ0) is 28.8. The summed E-state index contributed by atoms with van der Waals surface area (Å²) in [6.07, 6.45) is 3.29. The molecule has 5 aliphatic heterocycles. The SMILES string of the molecule is C[C@H]1Cc2nc(Cl)c(F)c3nc(OC[C@@]45CCCN4C[C@H](F)C5)nc(c23)N2C[C@H]3CC[C@@H]([C@H]12)N3C(=O)OC(C)(C)C.